The molecule has 0 spiro atoms. The van der Waals surface area contributed by atoms with Crippen LogP contribution in [0.15, 0.2) is 83.8 Å². The molecule has 4 rings (SSSR count). The molecule has 0 N–H and O–H groups in total. The van der Waals surface area contributed by atoms with E-state index in [2.05, 4.69) is 36.4 Å². The third-order valence-electron chi connectivity index (χ3n) is 5.93. The molecule has 1 fully saturated rings. The Hall–Kier alpha value is -2.50. The molecule has 5 heteroatoms. The average Bonchev–Trinajstić information content (AvgIpc) is 2.79. The van der Waals surface area contributed by atoms with Crippen LogP contribution >= 0.6 is 0 Å². The van der Waals surface area contributed by atoms with Crippen molar-refractivity contribution in [3.8, 4) is 11.1 Å². The lowest BCUT2D eigenvalue weighted by molar-refractivity contribution is 0.263. The van der Waals surface area contributed by atoms with Crippen molar-refractivity contribution in [3.05, 3.63) is 90.2 Å². The molecule has 0 unspecified atom stereocenters. The number of piperidine rings is 1. The van der Waals surface area contributed by atoms with Gasteiger partial charge in [0.2, 0.25) is 10.0 Å². The summed E-state index contributed by atoms with van der Waals surface area (Å²) in [5, 5.41) is 0. The quantitative estimate of drug-likeness (QED) is 0.523. The summed E-state index contributed by atoms with van der Waals surface area (Å²) in [6.07, 6.45) is 3.66. The first-order valence-corrected chi connectivity index (χ1v) is 11.9. The lowest BCUT2D eigenvalue weighted by Crippen LogP contribution is -2.38. The van der Waals surface area contributed by atoms with E-state index in [9.17, 15) is 12.8 Å². The lowest BCUT2D eigenvalue weighted by Gasteiger charge is -2.31. The van der Waals surface area contributed by atoms with Crippen molar-refractivity contribution >= 4 is 10.0 Å². The van der Waals surface area contributed by atoms with Crippen LogP contribution in [0.5, 0.6) is 0 Å². The van der Waals surface area contributed by atoms with E-state index in [1.54, 1.807) is 6.07 Å². The number of halogens is 1. The van der Waals surface area contributed by atoms with Gasteiger partial charge in [0.05, 0.1) is 0 Å². The molecule has 0 aliphatic carbocycles. The standard InChI is InChI=1S/C25H26FNO2S/c26-24-8-4-5-9-25(24)30(28,29)27-18-16-21(17-19-27)11-10-20-12-14-23(15-13-20)22-6-2-1-3-7-22/h1-9,12-15,21H,10-11,16-19H2. The fraction of sp³-hybridized carbons (Fsp3) is 0.280. The molecule has 1 aliphatic heterocycles. The summed E-state index contributed by atoms with van der Waals surface area (Å²) in [5.41, 5.74) is 3.73. The SMILES string of the molecule is O=S(=O)(c1ccccc1F)N1CCC(CCc2ccc(-c3ccccc3)cc2)CC1. The molecule has 30 heavy (non-hydrogen) atoms. The highest BCUT2D eigenvalue weighted by Crippen LogP contribution is 2.28. The summed E-state index contributed by atoms with van der Waals surface area (Å²) in [6, 6.07) is 24.6. The van der Waals surface area contributed by atoms with Gasteiger partial charge in [-0.05, 0) is 60.4 Å². The van der Waals surface area contributed by atoms with Gasteiger partial charge in [-0.15, -0.1) is 0 Å². The van der Waals surface area contributed by atoms with Crippen molar-refractivity contribution in [2.24, 2.45) is 5.92 Å². The second-order valence-electron chi connectivity index (χ2n) is 7.88. The van der Waals surface area contributed by atoms with E-state index in [-0.39, 0.29) is 4.90 Å². The number of benzene rings is 3. The first-order chi connectivity index (χ1) is 14.5. The van der Waals surface area contributed by atoms with Crippen LogP contribution in [0.25, 0.3) is 11.1 Å². The van der Waals surface area contributed by atoms with E-state index in [0.29, 0.717) is 19.0 Å². The van der Waals surface area contributed by atoms with Crippen LogP contribution in [-0.4, -0.2) is 25.8 Å². The lowest BCUT2D eigenvalue weighted by atomic mass is 9.91. The maximum Gasteiger partial charge on any atom is 0.245 e. The van der Waals surface area contributed by atoms with Gasteiger partial charge in [-0.25, -0.2) is 12.8 Å². The molecule has 0 radical (unpaired) electrons. The van der Waals surface area contributed by atoms with Gasteiger partial charge in [0.1, 0.15) is 10.7 Å². The van der Waals surface area contributed by atoms with Crippen molar-refractivity contribution in [3.63, 3.8) is 0 Å². The first kappa shape index (κ1) is 20.8. The Morgan fingerprint density at radius 2 is 1.40 bits per heavy atom. The zero-order valence-corrected chi connectivity index (χ0v) is 17.7. The van der Waals surface area contributed by atoms with Crippen LogP contribution in [0.2, 0.25) is 0 Å². The van der Waals surface area contributed by atoms with Gasteiger partial charge in [-0.1, -0.05) is 66.7 Å². The number of hydrogen-bond acceptors (Lipinski definition) is 2. The van der Waals surface area contributed by atoms with Gasteiger partial charge in [-0.2, -0.15) is 4.31 Å². The van der Waals surface area contributed by atoms with E-state index in [1.165, 1.54) is 39.2 Å². The Morgan fingerprint density at radius 1 is 0.800 bits per heavy atom. The average molecular weight is 424 g/mol. The van der Waals surface area contributed by atoms with Crippen LogP contribution in [0.1, 0.15) is 24.8 Å². The molecule has 3 aromatic rings. The van der Waals surface area contributed by atoms with E-state index in [4.69, 9.17) is 0 Å². The predicted molar refractivity (Wildman–Crippen MR) is 118 cm³/mol. The normalized spacial score (nSPS) is 15.9. The van der Waals surface area contributed by atoms with Crippen LogP contribution < -0.4 is 0 Å². The zero-order chi connectivity index (χ0) is 21.0. The third-order valence-corrected chi connectivity index (χ3v) is 7.86. The van der Waals surface area contributed by atoms with E-state index >= 15 is 0 Å². The molecule has 3 aromatic carbocycles. The van der Waals surface area contributed by atoms with E-state index in [0.717, 1.165) is 25.7 Å². The summed E-state index contributed by atoms with van der Waals surface area (Å²) in [6.45, 7) is 0.905. The number of nitrogens with zero attached hydrogens (tertiary/aromatic N) is 1. The number of sulfonamides is 1. The third kappa shape index (κ3) is 4.63. The maximum absolute atomic E-state index is 14.0. The van der Waals surface area contributed by atoms with Crippen molar-refractivity contribution < 1.29 is 12.8 Å². The maximum atomic E-state index is 14.0. The minimum absolute atomic E-state index is 0.220. The highest BCUT2D eigenvalue weighted by Gasteiger charge is 2.30. The first-order valence-electron chi connectivity index (χ1n) is 10.4. The molecule has 0 amide bonds. The predicted octanol–water partition coefficient (Wildman–Crippen LogP) is 5.53. The largest absolute Gasteiger partial charge is 0.245 e. The van der Waals surface area contributed by atoms with E-state index in [1.807, 2.05) is 18.2 Å². The van der Waals surface area contributed by atoms with Crippen molar-refractivity contribution in [2.45, 2.75) is 30.6 Å². The molecule has 0 aromatic heterocycles. The molecule has 1 heterocycles. The topological polar surface area (TPSA) is 37.4 Å². The number of aryl methyl sites for hydroxylation is 1. The molecular formula is C25H26FNO2S. The molecule has 0 atom stereocenters. The minimum atomic E-state index is -3.76. The molecular weight excluding hydrogens is 397 g/mol. The van der Waals surface area contributed by atoms with Crippen molar-refractivity contribution in [1.82, 2.24) is 4.31 Å². The second-order valence-corrected chi connectivity index (χ2v) is 9.79. The fourth-order valence-corrected chi connectivity index (χ4v) is 5.63. The van der Waals surface area contributed by atoms with Crippen molar-refractivity contribution in [1.29, 1.82) is 0 Å². The van der Waals surface area contributed by atoms with Gasteiger partial charge in [0, 0.05) is 13.1 Å². The number of rotatable bonds is 6. The van der Waals surface area contributed by atoms with Crippen LogP contribution in [0, 0.1) is 11.7 Å². The van der Waals surface area contributed by atoms with Crippen LogP contribution in [0.3, 0.4) is 0 Å². The molecule has 1 aliphatic rings. The zero-order valence-electron chi connectivity index (χ0n) is 16.9. The summed E-state index contributed by atoms with van der Waals surface area (Å²) in [7, 11) is -3.76. The summed E-state index contributed by atoms with van der Waals surface area (Å²) < 4.78 is 40.8. The second kappa shape index (κ2) is 9.11. The van der Waals surface area contributed by atoms with Crippen LogP contribution in [0.4, 0.5) is 4.39 Å². The van der Waals surface area contributed by atoms with Gasteiger partial charge in [0.15, 0.2) is 0 Å². The Bertz CT molecular complexity index is 1070. The Morgan fingerprint density at radius 3 is 2.07 bits per heavy atom. The summed E-state index contributed by atoms with van der Waals surface area (Å²) in [5.74, 6) is -0.190. The minimum Gasteiger partial charge on any atom is -0.207 e. The Labute approximate surface area is 178 Å². The smallest absolute Gasteiger partial charge is 0.207 e. The highest BCUT2D eigenvalue weighted by atomic mass is 32.2. The van der Waals surface area contributed by atoms with Gasteiger partial charge < -0.3 is 0 Å². The Balaban J connectivity index is 1.31. The summed E-state index contributed by atoms with van der Waals surface area (Å²) >= 11 is 0. The molecule has 3 nitrogen and oxygen atoms in total. The van der Waals surface area contributed by atoms with Crippen molar-refractivity contribution in [2.75, 3.05) is 13.1 Å². The molecule has 0 saturated carbocycles. The van der Waals surface area contributed by atoms with Gasteiger partial charge >= 0.3 is 0 Å². The Kier molecular flexibility index (Phi) is 6.30. The monoisotopic (exact) mass is 423 g/mol. The van der Waals surface area contributed by atoms with E-state index < -0.39 is 15.8 Å². The molecule has 1 saturated heterocycles. The highest BCUT2D eigenvalue weighted by molar-refractivity contribution is 7.89. The molecule has 156 valence electrons. The van der Waals surface area contributed by atoms with Crippen LogP contribution in [-0.2, 0) is 16.4 Å². The molecule has 0 bridgehead atoms. The van der Waals surface area contributed by atoms with Gasteiger partial charge in [0.25, 0.3) is 0 Å². The number of hydrogen-bond donors (Lipinski definition) is 0. The fourth-order valence-electron chi connectivity index (χ4n) is 4.10. The summed E-state index contributed by atoms with van der Waals surface area (Å²) in [4.78, 5) is -0.220. The van der Waals surface area contributed by atoms with Gasteiger partial charge in [-0.3, -0.25) is 0 Å².